The fraction of sp³-hybridized carbons (Fsp3) is 0.917. The fourth-order valence-electron chi connectivity index (χ4n) is 1.99. The van der Waals surface area contributed by atoms with Gasteiger partial charge >= 0.3 is 0 Å². The summed E-state index contributed by atoms with van der Waals surface area (Å²) in [6.45, 7) is 4.98. The molecule has 0 aliphatic carbocycles. The zero-order valence-electron chi connectivity index (χ0n) is 10.2. The molecule has 2 atom stereocenters. The van der Waals surface area contributed by atoms with Gasteiger partial charge in [-0.15, -0.1) is 23.4 Å². The van der Waals surface area contributed by atoms with E-state index in [0.29, 0.717) is 11.8 Å². The summed E-state index contributed by atoms with van der Waals surface area (Å²) in [5.41, 5.74) is 0. The molecule has 1 aliphatic heterocycles. The van der Waals surface area contributed by atoms with Crippen LogP contribution in [0.5, 0.6) is 0 Å². The maximum absolute atomic E-state index is 12.0. The van der Waals surface area contributed by atoms with Gasteiger partial charge in [-0.05, 0) is 37.9 Å². The zero-order chi connectivity index (χ0) is 12.0. The number of alkyl halides is 1. The average molecular weight is 264 g/mol. The van der Waals surface area contributed by atoms with E-state index in [9.17, 15) is 4.79 Å². The third kappa shape index (κ3) is 3.85. The third-order valence-electron chi connectivity index (χ3n) is 3.35. The fourth-order valence-corrected chi connectivity index (χ4v) is 3.53. The molecule has 0 spiro atoms. The Balaban J connectivity index is 2.33. The predicted octanol–water partition coefficient (Wildman–Crippen LogP) is 3.04. The minimum atomic E-state index is -0.181. The standard InChI is InChI=1S/C12H22ClNOS/c1-3-10(5-7-13)9-14-11(15)12(2)6-4-8-16-12/h10H,3-9H2,1-2H3,(H,14,15). The third-order valence-corrected chi connectivity index (χ3v) is 5.08. The van der Waals surface area contributed by atoms with Gasteiger partial charge in [0, 0.05) is 12.4 Å². The van der Waals surface area contributed by atoms with E-state index in [-0.39, 0.29) is 10.7 Å². The van der Waals surface area contributed by atoms with Crippen LogP contribution in [0, 0.1) is 5.92 Å². The van der Waals surface area contributed by atoms with Crippen LogP contribution in [0.4, 0.5) is 0 Å². The molecule has 1 heterocycles. The molecule has 2 unspecified atom stereocenters. The van der Waals surface area contributed by atoms with E-state index >= 15 is 0 Å². The molecule has 1 amide bonds. The number of nitrogens with one attached hydrogen (secondary N) is 1. The molecule has 1 aliphatic rings. The van der Waals surface area contributed by atoms with Crippen molar-refractivity contribution in [2.75, 3.05) is 18.2 Å². The smallest absolute Gasteiger partial charge is 0.235 e. The van der Waals surface area contributed by atoms with Crippen molar-refractivity contribution in [2.24, 2.45) is 5.92 Å². The lowest BCUT2D eigenvalue weighted by Crippen LogP contribution is -2.42. The summed E-state index contributed by atoms with van der Waals surface area (Å²) in [6.07, 6.45) is 4.24. The molecule has 0 aromatic carbocycles. The van der Waals surface area contributed by atoms with Crippen molar-refractivity contribution in [3.8, 4) is 0 Å². The molecule has 1 saturated heterocycles. The average Bonchev–Trinajstić information content (AvgIpc) is 2.72. The van der Waals surface area contributed by atoms with Gasteiger partial charge < -0.3 is 5.32 Å². The van der Waals surface area contributed by atoms with E-state index in [2.05, 4.69) is 19.2 Å². The number of thioether (sulfide) groups is 1. The van der Waals surface area contributed by atoms with Crippen LogP contribution in [-0.2, 0) is 4.79 Å². The van der Waals surface area contributed by atoms with E-state index in [0.717, 1.165) is 38.0 Å². The summed E-state index contributed by atoms with van der Waals surface area (Å²) in [5, 5.41) is 3.08. The molecule has 94 valence electrons. The quantitative estimate of drug-likeness (QED) is 0.747. The van der Waals surface area contributed by atoms with Crippen molar-refractivity contribution < 1.29 is 4.79 Å². The molecule has 0 radical (unpaired) electrons. The number of carbonyl (C=O) groups is 1. The molecule has 16 heavy (non-hydrogen) atoms. The maximum Gasteiger partial charge on any atom is 0.235 e. The number of rotatable bonds is 6. The number of amides is 1. The predicted molar refractivity (Wildman–Crippen MR) is 72.2 cm³/mol. The summed E-state index contributed by atoms with van der Waals surface area (Å²) < 4.78 is -0.181. The van der Waals surface area contributed by atoms with Crippen molar-refractivity contribution in [3.05, 3.63) is 0 Å². The molecule has 4 heteroatoms. The van der Waals surface area contributed by atoms with Gasteiger partial charge in [0.15, 0.2) is 0 Å². The highest BCUT2D eigenvalue weighted by molar-refractivity contribution is 8.01. The monoisotopic (exact) mass is 263 g/mol. The Bertz CT molecular complexity index is 229. The van der Waals surface area contributed by atoms with Crippen molar-refractivity contribution in [1.29, 1.82) is 0 Å². The normalized spacial score (nSPS) is 26.7. The highest BCUT2D eigenvalue weighted by Gasteiger charge is 2.36. The van der Waals surface area contributed by atoms with Crippen molar-refractivity contribution in [3.63, 3.8) is 0 Å². The molecular formula is C12H22ClNOS. The first-order valence-corrected chi connectivity index (χ1v) is 7.62. The Kier molecular flexibility index (Phi) is 5.98. The van der Waals surface area contributed by atoms with Gasteiger partial charge in [0.05, 0.1) is 4.75 Å². The lowest BCUT2D eigenvalue weighted by molar-refractivity contribution is -0.123. The minimum Gasteiger partial charge on any atom is -0.355 e. The number of halogens is 1. The van der Waals surface area contributed by atoms with Gasteiger partial charge in [-0.1, -0.05) is 13.3 Å². The van der Waals surface area contributed by atoms with E-state index in [4.69, 9.17) is 11.6 Å². The first-order chi connectivity index (χ1) is 7.62. The van der Waals surface area contributed by atoms with E-state index < -0.39 is 0 Å². The van der Waals surface area contributed by atoms with Crippen molar-refractivity contribution in [2.45, 2.75) is 44.3 Å². The molecule has 1 fully saturated rings. The molecule has 1 rings (SSSR count). The van der Waals surface area contributed by atoms with Crippen LogP contribution in [0.2, 0.25) is 0 Å². The highest BCUT2D eigenvalue weighted by Crippen LogP contribution is 2.37. The van der Waals surface area contributed by atoms with Crippen LogP contribution in [0.3, 0.4) is 0 Å². The summed E-state index contributed by atoms with van der Waals surface area (Å²) in [5.74, 6) is 2.53. The number of hydrogen-bond acceptors (Lipinski definition) is 2. The minimum absolute atomic E-state index is 0.181. The van der Waals surface area contributed by atoms with Gasteiger partial charge in [-0.3, -0.25) is 4.79 Å². The van der Waals surface area contributed by atoms with Crippen molar-refractivity contribution in [1.82, 2.24) is 5.32 Å². The molecule has 2 nitrogen and oxygen atoms in total. The molecular weight excluding hydrogens is 242 g/mol. The van der Waals surface area contributed by atoms with E-state index in [1.54, 1.807) is 11.8 Å². The zero-order valence-corrected chi connectivity index (χ0v) is 11.8. The topological polar surface area (TPSA) is 29.1 Å². The summed E-state index contributed by atoms with van der Waals surface area (Å²) in [6, 6.07) is 0. The van der Waals surface area contributed by atoms with Crippen LogP contribution in [0.15, 0.2) is 0 Å². The van der Waals surface area contributed by atoms with E-state index in [1.807, 2.05) is 0 Å². The first kappa shape index (κ1) is 14.2. The Labute approximate surface area is 108 Å². The van der Waals surface area contributed by atoms with Crippen LogP contribution < -0.4 is 5.32 Å². The Morgan fingerprint density at radius 2 is 2.38 bits per heavy atom. The largest absolute Gasteiger partial charge is 0.355 e. The highest BCUT2D eigenvalue weighted by atomic mass is 35.5. The molecule has 0 saturated carbocycles. The van der Waals surface area contributed by atoms with Gasteiger partial charge in [0.1, 0.15) is 0 Å². The van der Waals surface area contributed by atoms with Gasteiger partial charge in [-0.2, -0.15) is 0 Å². The molecule has 1 N–H and O–H groups in total. The van der Waals surface area contributed by atoms with Gasteiger partial charge in [0.25, 0.3) is 0 Å². The lowest BCUT2D eigenvalue weighted by atomic mass is 10.0. The second kappa shape index (κ2) is 6.75. The van der Waals surface area contributed by atoms with Crippen LogP contribution in [0.25, 0.3) is 0 Å². The second-order valence-electron chi connectivity index (χ2n) is 4.64. The maximum atomic E-state index is 12.0. The number of carbonyl (C=O) groups excluding carboxylic acids is 1. The van der Waals surface area contributed by atoms with Crippen LogP contribution >= 0.6 is 23.4 Å². The molecule has 0 aromatic rings. The second-order valence-corrected chi connectivity index (χ2v) is 6.62. The summed E-state index contributed by atoms with van der Waals surface area (Å²) in [7, 11) is 0. The summed E-state index contributed by atoms with van der Waals surface area (Å²) >= 11 is 7.52. The van der Waals surface area contributed by atoms with Gasteiger partial charge in [-0.25, -0.2) is 0 Å². The first-order valence-electron chi connectivity index (χ1n) is 6.10. The Morgan fingerprint density at radius 1 is 1.62 bits per heavy atom. The van der Waals surface area contributed by atoms with E-state index in [1.165, 1.54) is 0 Å². The van der Waals surface area contributed by atoms with Crippen LogP contribution in [-0.4, -0.2) is 28.8 Å². The number of hydrogen-bond donors (Lipinski definition) is 1. The van der Waals surface area contributed by atoms with Crippen molar-refractivity contribution >= 4 is 29.3 Å². The SMILES string of the molecule is CCC(CCCl)CNC(=O)C1(C)CCCS1. The molecule has 0 aromatic heterocycles. The Hall–Kier alpha value is 0.110. The van der Waals surface area contributed by atoms with Gasteiger partial charge in [0.2, 0.25) is 5.91 Å². The summed E-state index contributed by atoms with van der Waals surface area (Å²) in [4.78, 5) is 12.0. The molecule has 0 bridgehead atoms. The van der Waals surface area contributed by atoms with Crippen LogP contribution in [0.1, 0.15) is 39.5 Å². The lowest BCUT2D eigenvalue weighted by Gasteiger charge is -2.23. The Morgan fingerprint density at radius 3 is 2.88 bits per heavy atom.